The van der Waals surface area contributed by atoms with Gasteiger partial charge in [-0.15, -0.1) is 0 Å². The summed E-state index contributed by atoms with van der Waals surface area (Å²) in [7, 11) is 1.66. The highest BCUT2D eigenvalue weighted by molar-refractivity contribution is 7.80. The Morgan fingerprint density at radius 1 is 1.36 bits per heavy atom. The van der Waals surface area contributed by atoms with E-state index in [2.05, 4.69) is 15.1 Å². The van der Waals surface area contributed by atoms with Crippen LogP contribution < -0.4 is 5.32 Å². The Labute approximate surface area is 141 Å². The Morgan fingerprint density at radius 3 is 2.73 bits per heavy atom. The second kappa shape index (κ2) is 8.62. The smallest absolute Gasteiger partial charge is 0.169 e. The maximum atomic E-state index is 13.8. The second-order valence-electron chi connectivity index (χ2n) is 5.19. The standard InChI is InChI=1S/C15H21ClFN3OS/c1-21-10-5-18-15(22)20-8-6-19(7-9-20)11-12-13(16)3-2-4-14(12)17/h2-4H,5-11H2,1H3,(H,18,22). The minimum atomic E-state index is -0.244. The SMILES string of the molecule is COCCNC(=S)N1CCN(Cc2c(F)cccc2Cl)CC1. The lowest BCUT2D eigenvalue weighted by Crippen LogP contribution is -2.51. The summed E-state index contributed by atoms with van der Waals surface area (Å²) in [5.74, 6) is -0.244. The lowest BCUT2D eigenvalue weighted by atomic mass is 10.2. The van der Waals surface area contributed by atoms with Crippen molar-refractivity contribution in [2.45, 2.75) is 6.54 Å². The Bertz CT molecular complexity index is 489. The van der Waals surface area contributed by atoms with Gasteiger partial charge in [0.25, 0.3) is 0 Å². The summed E-state index contributed by atoms with van der Waals surface area (Å²) in [5.41, 5.74) is 0.568. The van der Waals surface area contributed by atoms with Crippen LogP contribution in [-0.2, 0) is 11.3 Å². The van der Waals surface area contributed by atoms with E-state index in [1.165, 1.54) is 6.07 Å². The molecule has 1 N–H and O–H groups in total. The van der Waals surface area contributed by atoms with E-state index in [1.54, 1.807) is 19.2 Å². The summed E-state index contributed by atoms with van der Waals surface area (Å²) >= 11 is 11.4. The van der Waals surface area contributed by atoms with Gasteiger partial charge in [0.15, 0.2) is 5.11 Å². The molecule has 22 heavy (non-hydrogen) atoms. The van der Waals surface area contributed by atoms with Crippen molar-refractivity contribution in [3.8, 4) is 0 Å². The van der Waals surface area contributed by atoms with Crippen LogP contribution in [0.4, 0.5) is 4.39 Å². The van der Waals surface area contributed by atoms with E-state index in [0.29, 0.717) is 30.3 Å². The number of ether oxygens (including phenoxy) is 1. The molecule has 0 saturated carbocycles. The van der Waals surface area contributed by atoms with Gasteiger partial charge in [0.2, 0.25) is 0 Å². The van der Waals surface area contributed by atoms with Gasteiger partial charge in [0, 0.05) is 57.0 Å². The van der Waals surface area contributed by atoms with Crippen LogP contribution in [0.5, 0.6) is 0 Å². The van der Waals surface area contributed by atoms with Crippen molar-refractivity contribution in [3.05, 3.63) is 34.6 Å². The van der Waals surface area contributed by atoms with Gasteiger partial charge in [0.05, 0.1) is 6.61 Å². The van der Waals surface area contributed by atoms with Gasteiger partial charge in [-0.25, -0.2) is 4.39 Å². The number of rotatable bonds is 5. The monoisotopic (exact) mass is 345 g/mol. The number of methoxy groups -OCH3 is 1. The molecule has 1 aliphatic heterocycles. The zero-order chi connectivity index (χ0) is 15.9. The molecule has 0 bridgehead atoms. The molecule has 1 heterocycles. The predicted octanol–water partition coefficient (Wildman–Crippen LogP) is 2.12. The van der Waals surface area contributed by atoms with Crippen LogP contribution in [0.1, 0.15) is 5.56 Å². The number of thiocarbonyl (C=S) groups is 1. The molecule has 1 aromatic carbocycles. The fraction of sp³-hybridized carbons (Fsp3) is 0.533. The number of benzene rings is 1. The molecule has 1 aromatic rings. The van der Waals surface area contributed by atoms with Crippen molar-refractivity contribution in [1.82, 2.24) is 15.1 Å². The molecule has 1 saturated heterocycles. The number of nitrogens with one attached hydrogen (secondary N) is 1. The number of halogens is 2. The molecule has 0 amide bonds. The first-order chi connectivity index (χ1) is 10.6. The summed E-state index contributed by atoms with van der Waals surface area (Å²) in [6.07, 6.45) is 0. The van der Waals surface area contributed by atoms with Crippen molar-refractivity contribution in [1.29, 1.82) is 0 Å². The third kappa shape index (κ3) is 4.78. The maximum Gasteiger partial charge on any atom is 0.169 e. The number of piperazine rings is 1. The highest BCUT2D eigenvalue weighted by atomic mass is 35.5. The van der Waals surface area contributed by atoms with Crippen LogP contribution in [0.15, 0.2) is 18.2 Å². The molecule has 0 aromatic heterocycles. The highest BCUT2D eigenvalue weighted by Crippen LogP contribution is 2.21. The first kappa shape index (κ1) is 17.4. The molecule has 1 aliphatic rings. The van der Waals surface area contributed by atoms with E-state index in [1.807, 2.05) is 0 Å². The molecule has 0 spiro atoms. The second-order valence-corrected chi connectivity index (χ2v) is 5.98. The van der Waals surface area contributed by atoms with Gasteiger partial charge < -0.3 is 15.0 Å². The Kier molecular flexibility index (Phi) is 6.82. The van der Waals surface area contributed by atoms with Crippen LogP contribution in [-0.4, -0.2) is 61.4 Å². The Morgan fingerprint density at radius 2 is 2.09 bits per heavy atom. The maximum absolute atomic E-state index is 13.8. The molecule has 0 unspecified atom stereocenters. The van der Waals surface area contributed by atoms with E-state index >= 15 is 0 Å². The van der Waals surface area contributed by atoms with Crippen molar-refractivity contribution >= 4 is 28.9 Å². The van der Waals surface area contributed by atoms with Crippen LogP contribution in [0.25, 0.3) is 0 Å². The van der Waals surface area contributed by atoms with E-state index < -0.39 is 0 Å². The van der Waals surface area contributed by atoms with Crippen molar-refractivity contribution < 1.29 is 9.13 Å². The molecule has 7 heteroatoms. The molecule has 1 fully saturated rings. The van der Waals surface area contributed by atoms with Crippen molar-refractivity contribution in [2.75, 3.05) is 46.4 Å². The predicted molar refractivity (Wildman–Crippen MR) is 90.7 cm³/mol. The molecule has 0 aliphatic carbocycles. The third-order valence-electron chi connectivity index (χ3n) is 3.69. The zero-order valence-electron chi connectivity index (χ0n) is 12.6. The lowest BCUT2D eigenvalue weighted by molar-refractivity contribution is 0.170. The fourth-order valence-electron chi connectivity index (χ4n) is 2.39. The van der Waals surface area contributed by atoms with Crippen LogP contribution in [0, 0.1) is 5.82 Å². The molecular weight excluding hydrogens is 325 g/mol. The van der Waals surface area contributed by atoms with E-state index in [4.69, 9.17) is 28.6 Å². The number of hydrogen-bond acceptors (Lipinski definition) is 3. The zero-order valence-corrected chi connectivity index (χ0v) is 14.2. The van der Waals surface area contributed by atoms with Gasteiger partial charge in [-0.1, -0.05) is 17.7 Å². The van der Waals surface area contributed by atoms with Gasteiger partial charge in [0.1, 0.15) is 5.82 Å². The van der Waals surface area contributed by atoms with Crippen molar-refractivity contribution in [3.63, 3.8) is 0 Å². The fourth-order valence-corrected chi connectivity index (χ4v) is 2.90. The largest absolute Gasteiger partial charge is 0.383 e. The third-order valence-corrected chi connectivity index (χ3v) is 4.44. The van der Waals surface area contributed by atoms with Gasteiger partial charge in [-0.3, -0.25) is 4.90 Å². The quantitative estimate of drug-likeness (QED) is 0.652. The van der Waals surface area contributed by atoms with Crippen molar-refractivity contribution in [2.24, 2.45) is 0 Å². The van der Waals surface area contributed by atoms with E-state index in [0.717, 1.165) is 31.3 Å². The normalized spacial score (nSPS) is 15.9. The molecule has 2 rings (SSSR count). The van der Waals surface area contributed by atoms with Gasteiger partial charge in [-0.05, 0) is 24.4 Å². The van der Waals surface area contributed by atoms with Crippen LogP contribution in [0.2, 0.25) is 5.02 Å². The average Bonchev–Trinajstić information content (AvgIpc) is 2.52. The Balaban J connectivity index is 1.81. The minimum Gasteiger partial charge on any atom is -0.383 e. The van der Waals surface area contributed by atoms with Gasteiger partial charge in [-0.2, -0.15) is 0 Å². The molecule has 0 radical (unpaired) electrons. The summed E-state index contributed by atoms with van der Waals surface area (Å²) in [4.78, 5) is 4.32. The van der Waals surface area contributed by atoms with E-state index in [-0.39, 0.29) is 5.82 Å². The summed E-state index contributed by atoms with van der Waals surface area (Å²) < 4.78 is 18.8. The van der Waals surface area contributed by atoms with E-state index in [9.17, 15) is 4.39 Å². The number of hydrogen-bond donors (Lipinski definition) is 1. The molecular formula is C15H21ClFN3OS. The van der Waals surface area contributed by atoms with Gasteiger partial charge >= 0.3 is 0 Å². The molecule has 4 nitrogen and oxygen atoms in total. The lowest BCUT2D eigenvalue weighted by Gasteiger charge is -2.36. The highest BCUT2D eigenvalue weighted by Gasteiger charge is 2.20. The van der Waals surface area contributed by atoms with Crippen LogP contribution >= 0.6 is 23.8 Å². The first-order valence-electron chi connectivity index (χ1n) is 7.28. The molecule has 0 atom stereocenters. The van der Waals surface area contributed by atoms with Crippen LogP contribution in [0.3, 0.4) is 0 Å². The summed E-state index contributed by atoms with van der Waals surface area (Å²) in [6, 6.07) is 4.81. The average molecular weight is 346 g/mol. The first-order valence-corrected chi connectivity index (χ1v) is 8.07. The molecule has 122 valence electrons. The summed E-state index contributed by atoms with van der Waals surface area (Å²) in [6.45, 7) is 5.18. The Hall–Kier alpha value is -0.950. The minimum absolute atomic E-state index is 0.244. The number of nitrogens with zero attached hydrogens (tertiary/aromatic N) is 2. The topological polar surface area (TPSA) is 27.7 Å². The summed E-state index contributed by atoms with van der Waals surface area (Å²) in [5, 5.41) is 4.40.